The molecule has 39 heavy (non-hydrogen) atoms. The van der Waals surface area contributed by atoms with E-state index < -0.39 is 60.2 Å². The van der Waals surface area contributed by atoms with Gasteiger partial charge in [-0.05, 0) is 29.2 Å². The minimum absolute atomic E-state index is 0.00723. The van der Waals surface area contributed by atoms with Gasteiger partial charge in [0.05, 0.1) is 12.5 Å². The molecule has 0 spiro atoms. The van der Waals surface area contributed by atoms with Crippen LogP contribution in [0.1, 0.15) is 31.4 Å². The number of rotatable bonds is 14. The van der Waals surface area contributed by atoms with Gasteiger partial charge in [-0.2, -0.15) is 0 Å². The molecule has 4 amide bonds. The first-order chi connectivity index (χ1) is 18.4. The highest BCUT2D eigenvalue weighted by Gasteiger charge is 2.31. The minimum Gasteiger partial charge on any atom is -0.508 e. The van der Waals surface area contributed by atoms with Crippen LogP contribution in [0.3, 0.4) is 0 Å². The van der Waals surface area contributed by atoms with E-state index >= 15 is 0 Å². The molecule has 0 radical (unpaired) electrons. The molecule has 0 aromatic heterocycles. The van der Waals surface area contributed by atoms with Crippen LogP contribution in [-0.2, 0) is 36.8 Å². The minimum atomic E-state index is -1.60. The predicted molar refractivity (Wildman–Crippen MR) is 142 cm³/mol. The fraction of sp³-hybridized carbons (Fsp3) is 0.370. The van der Waals surface area contributed by atoms with Crippen LogP contribution in [0.15, 0.2) is 54.6 Å². The Balaban J connectivity index is 2.33. The highest BCUT2D eigenvalue weighted by atomic mass is 16.4. The van der Waals surface area contributed by atoms with Crippen LogP contribution >= 0.6 is 0 Å². The Bertz CT molecular complexity index is 1150. The van der Waals surface area contributed by atoms with Gasteiger partial charge in [-0.15, -0.1) is 0 Å². The molecule has 0 fully saturated rings. The maximum atomic E-state index is 13.5. The number of phenols is 1. The number of carbonyl (C=O) groups excluding carboxylic acids is 4. The van der Waals surface area contributed by atoms with Crippen molar-refractivity contribution in [1.29, 1.82) is 0 Å². The molecule has 2 aromatic rings. The lowest BCUT2D eigenvalue weighted by Gasteiger charge is -2.26. The molecule has 0 aliphatic heterocycles. The SMILES string of the molecule is CC(C)C(N)C(=O)NC(Cc1ccc(O)cc1)C(=O)NC(Cc1ccccc1)C(=O)NC(CC(N)=O)C(=O)O. The molecular weight excluding hydrogens is 506 g/mol. The molecule has 12 heteroatoms. The molecular formula is C27H35N5O7. The van der Waals surface area contributed by atoms with Crippen LogP contribution in [0.25, 0.3) is 0 Å². The molecule has 4 atom stereocenters. The number of amides is 4. The predicted octanol–water partition coefficient (Wildman–Crippen LogP) is -0.425. The van der Waals surface area contributed by atoms with Crippen molar-refractivity contribution in [2.75, 3.05) is 0 Å². The average Bonchev–Trinajstić information content (AvgIpc) is 2.88. The molecule has 0 aliphatic rings. The number of carbonyl (C=O) groups is 5. The number of aromatic hydroxyl groups is 1. The van der Waals surface area contributed by atoms with E-state index in [1.807, 2.05) is 0 Å². The summed E-state index contributed by atoms with van der Waals surface area (Å²) in [5.41, 5.74) is 12.4. The third-order valence-corrected chi connectivity index (χ3v) is 5.97. The van der Waals surface area contributed by atoms with Crippen LogP contribution in [0.4, 0.5) is 0 Å². The number of benzene rings is 2. The van der Waals surface area contributed by atoms with Gasteiger partial charge in [0.1, 0.15) is 23.9 Å². The third-order valence-electron chi connectivity index (χ3n) is 5.97. The Morgan fingerprint density at radius 2 is 1.21 bits per heavy atom. The molecule has 2 aromatic carbocycles. The maximum absolute atomic E-state index is 13.5. The van der Waals surface area contributed by atoms with Crippen molar-refractivity contribution in [3.8, 4) is 5.75 Å². The topological polar surface area (TPSA) is 214 Å². The van der Waals surface area contributed by atoms with Gasteiger partial charge in [-0.3, -0.25) is 19.2 Å². The van der Waals surface area contributed by atoms with Crippen molar-refractivity contribution in [2.45, 2.75) is 57.3 Å². The second-order valence-corrected chi connectivity index (χ2v) is 9.52. The fourth-order valence-corrected chi connectivity index (χ4v) is 3.65. The van der Waals surface area contributed by atoms with Crippen LogP contribution in [0.2, 0.25) is 0 Å². The summed E-state index contributed by atoms with van der Waals surface area (Å²) < 4.78 is 0. The number of carboxylic acid groups (broad SMARTS) is 1. The van der Waals surface area contributed by atoms with Gasteiger partial charge >= 0.3 is 5.97 Å². The third kappa shape index (κ3) is 10.1. The zero-order valence-electron chi connectivity index (χ0n) is 21.8. The molecule has 210 valence electrons. The summed E-state index contributed by atoms with van der Waals surface area (Å²) in [5.74, 6) is -4.72. The number of phenolic OH excluding ortho intramolecular Hbond substituents is 1. The van der Waals surface area contributed by atoms with Crippen molar-refractivity contribution in [3.05, 3.63) is 65.7 Å². The molecule has 12 nitrogen and oxygen atoms in total. The van der Waals surface area contributed by atoms with E-state index in [9.17, 15) is 34.2 Å². The summed E-state index contributed by atoms with van der Waals surface area (Å²) in [6.45, 7) is 3.51. The Morgan fingerprint density at radius 3 is 1.67 bits per heavy atom. The Morgan fingerprint density at radius 1 is 0.744 bits per heavy atom. The Kier molecular flexibility index (Phi) is 11.4. The van der Waals surface area contributed by atoms with Gasteiger partial charge in [0.2, 0.25) is 23.6 Å². The van der Waals surface area contributed by atoms with Gasteiger partial charge in [0.25, 0.3) is 0 Å². The lowest BCUT2D eigenvalue weighted by Crippen LogP contribution is -2.58. The number of hydrogen-bond donors (Lipinski definition) is 7. The summed E-state index contributed by atoms with van der Waals surface area (Å²) in [7, 11) is 0. The first-order valence-corrected chi connectivity index (χ1v) is 12.4. The van der Waals surface area contributed by atoms with E-state index in [0.29, 0.717) is 11.1 Å². The number of aliphatic carboxylic acids is 1. The second-order valence-electron chi connectivity index (χ2n) is 9.52. The van der Waals surface area contributed by atoms with Gasteiger partial charge in [0.15, 0.2) is 0 Å². The van der Waals surface area contributed by atoms with Crippen LogP contribution < -0.4 is 27.4 Å². The standard InChI is InChI=1S/C27H35N5O7/c1-15(2)23(29)26(37)31-20(13-17-8-10-18(33)11-9-17)24(35)30-19(12-16-6-4-3-5-7-16)25(36)32-21(27(38)39)14-22(28)34/h3-11,15,19-21,23,33H,12-14,29H2,1-2H3,(H2,28,34)(H,30,35)(H,31,37)(H,32,36)(H,38,39). The number of carboxylic acids is 1. The summed E-state index contributed by atoms with van der Waals surface area (Å²) in [6, 6.07) is 9.82. The van der Waals surface area contributed by atoms with Crippen molar-refractivity contribution >= 4 is 29.6 Å². The molecule has 4 unspecified atom stereocenters. The van der Waals surface area contributed by atoms with Crippen molar-refractivity contribution in [2.24, 2.45) is 17.4 Å². The molecule has 0 aliphatic carbocycles. The van der Waals surface area contributed by atoms with Gasteiger partial charge < -0.3 is 37.6 Å². The monoisotopic (exact) mass is 541 g/mol. The summed E-state index contributed by atoms with van der Waals surface area (Å²) in [5, 5.41) is 26.5. The van der Waals surface area contributed by atoms with Crippen molar-refractivity contribution in [1.82, 2.24) is 16.0 Å². The lowest BCUT2D eigenvalue weighted by atomic mass is 10.0. The van der Waals surface area contributed by atoms with Gasteiger partial charge in [0, 0.05) is 12.8 Å². The molecule has 0 saturated heterocycles. The first-order valence-electron chi connectivity index (χ1n) is 12.4. The van der Waals surface area contributed by atoms with Gasteiger partial charge in [-0.1, -0.05) is 56.3 Å². The van der Waals surface area contributed by atoms with Gasteiger partial charge in [-0.25, -0.2) is 4.79 Å². The number of primary amides is 1. The van der Waals surface area contributed by atoms with Crippen LogP contribution in [0.5, 0.6) is 5.75 Å². The van der Waals surface area contributed by atoms with E-state index in [-0.39, 0.29) is 24.5 Å². The molecule has 2 rings (SSSR count). The highest BCUT2D eigenvalue weighted by Crippen LogP contribution is 2.13. The summed E-state index contributed by atoms with van der Waals surface area (Å²) in [6.07, 6.45) is -0.631. The van der Waals surface area contributed by atoms with E-state index in [2.05, 4.69) is 16.0 Å². The molecule has 0 saturated carbocycles. The quantitative estimate of drug-likeness (QED) is 0.166. The molecule has 0 heterocycles. The second kappa shape index (κ2) is 14.5. The Hall–Kier alpha value is -4.45. The van der Waals surface area contributed by atoms with E-state index in [4.69, 9.17) is 11.5 Å². The molecule has 0 bridgehead atoms. The summed E-state index contributed by atoms with van der Waals surface area (Å²) in [4.78, 5) is 62.2. The maximum Gasteiger partial charge on any atom is 0.326 e. The highest BCUT2D eigenvalue weighted by molar-refractivity contribution is 5.95. The molecule has 9 N–H and O–H groups in total. The zero-order valence-corrected chi connectivity index (χ0v) is 21.8. The average molecular weight is 542 g/mol. The lowest BCUT2D eigenvalue weighted by molar-refractivity contribution is -0.143. The Labute approximate surface area is 226 Å². The van der Waals surface area contributed by atoms with Crippen LogP contribution in [0, 0.1) is 5.92 Å². The van der Waals surface area contributed by atoms with E-state index in [1.54, 1.807) is 56.3 Å². The van der Waals surface area contributed by atoms with E-state index in [1.165, 1.54) is 12.1 Å². The van der Waals surface area contributed by atoms with Crippen molar-refractivity contribution < 1.29 is 34.2 Å². The summed E-state index contributed by atoms with van der Waals surface area (Å²) >= 11 is 0. The smallest absolute Gasteiger partial charge is 0.326 e. The zero-order chi connectivity index (χ0) is 29.1. The fourth-order valence-electron chi connectivity index (χ4n) is 3.65. The normalized spacial score (nSPS) is 13.9. The number of nitrogens with one attached hydrogen (secondary N) is 3. The van der Waals surface area contributed by atoms with Crippen molar-refractivity contribution in [3.63, 3.8) is 0 Å². The number of hydrogen-bond acceptors (Lipinski definition) is 7. The van der Waals surface area contributed by atoms with E-state index in [0.717, 1.165) is 0 Å². The largest absolute Gasteiger partial charge is 0.508 e. The first kappa shape index (κ1) is 30.8. The van der Waals surface area contributed by atoms with Crippen LogP contribution in [-0.4, -0.2) is 64.0 Å². The number of nitrogens with two attached hydrogens (primary N) is 2.